The molecule has 1 N–H and O–H groups in total. The lowest BCUT2D eigenvalue weighted by atomic mass is 9.93. The average molecular weight is 483 g/mol. The standard InChI is InChI=1S/C27H34N2O6/c1-7-14-35-19-9-10-20(17(2)15-19)25(30)23-24(18-8-11-21(33-5)22(16-18)34-6)29(13-12-28(3)4)27(32)26(23)31/h8-11,15-16,24,30H,7,12-14H2,1-6H3. The van der Waals surface area contributed by atoms with Crippen molar-refractivity contribution in [1.29, 1.82) is 0 Å². The molecule has 35 heavy (non-hydrogen) atoms. The van der Waals surface area contributed by atoms with Crippen LogP contribution in [0.1, 0.15) is 36.1 Å². The summed E-state index contributed by atoms with van der Waals surface area (Å²) < 4.78 is 16.5. The summed E-state index contributed by atoms with van der Waals surface area (Å²) >= 11 is 0. The minimum Gasteiger partial charge on any atom is -0.507 e. The smallest absolute Gasteiger partial charge is 0.295 e. The number of likely N-dealkylation sites (N-methyl/N-ethyl adjacent to an activating group) is 1. The summed E-state index contributed by atoms with van der Waals surface area (Å²) in [5.41, 5.74) is 1.90. The van der Waals surface area contributed by atoms with Crippen LogP contribution in [0.5, 0.6) is 17.2 Å². The number of likely N-dealkylation sites (tertiary alicyclic amines) is 1. The molecular formula is C27H34N2O6. The van der Waals surface area contributed by atoms with Crippen molar-refractivity contribution >= 4 is 17.4 Å². The highest BCUT2D eigenvalue weighted by atomic mass is 16.5. The van der Waals surface area contributed by atoms with Gasteiger partial charge in [-0.05, 0) is 68.9 Å². The van der Waals surface area contributed by atoms with Gasteiger partial charge in [-0.3, -0.25) is 9.59 Å². The largest absolute Gasteiger partial charge is 0.507 e. The zero-order chi connectivity index (χ0) is 25.7. The number of rotatable bonds is 10. The molecule has 1 fully saturated rings. The fourth-order valence-electron chi connectivity index (χ4n) is 4.14. The van der Waals surface area contributed by atoms with Crippen LogP contribution < -0.4 is 14.2 Å². The minimum absolute atomic E-state index is 0.0475. The summed E-state index contributed by atoms with van der Waals surface area (Å²) in [6.07, 6.45) is 0.877. The van der Waals surface area contributed by atoms with Crippen LogP contribution in [0, 0.1) is 6.92 Å². The number of aliphatic hydroxyl groups is 1. The maximum absolute atomic E-state index is 13.3. The molecule has 1 amide bonds. The first-order valence-electron chi connectivity index (χ1n) is 11.6. The lowest BCUT2D eigenvalue weighted by Gasteiger charge is -2.27. The van der Waals surface area contributed by atoms with Crippen molar-refractivity contribution in [3.8, 4) is 17.2 Å². The van der Waals surface area contributed by atoms with Crippen molar-refractivity contribution in [1.82, 2.24) is 9.80 Å². The molecule has 1 atom stereocenters. The molecule has 1 aliphatic rings. The van der Waals surface area contributed by atoms with E-state index in [4.69, 9.17) is 14.2 Å². The predicted octanol–water partition coefficient (Wildman–Crippen LogP) is 3.78. The van der Waals surface area contributed by atoms with Crippen molar-refractivity contribution in [3.63, 3.8) is 0 Å². The maximum Gasteiger partial charge on any atom is 0.295 e. The number of ether oxygens (including phenoxy) is 3. The van der Waals surface area contributed by atoms with E-state index in [1.807, 2.05) is 38.9 Å². The van der Waals surface area contributed by atoms with Crippen LogP contribution in [-0.4, -0.2) is 74.6 Å². The Balaban J connectivity index is 2.15. The number of ketones is 1. The first-order valence-corrected chi connectivity index (χ1v) is 11.6. The third-order valence-corrected chi connectivity index (χ3v) is 5.98. The molecule has 2 aromatic carbocycles. The number of amides is 1. The Morgan fingerprint density at radius 1 is 1.06 bits per heavy atom. The molecule has 1 saturated heterocycles. The van der Waals surface area contributed by atoms with E-state index in [2.05, 4.69) is 0 Å². The zero-order valence-electron chi connectivity index (χ0n) is 21.3. The van der Waals surface area contributed by atoms with Gasteiger partial charge in [0.25, 0.3) is 11.7 Å². The van der Waals surface area contributed by atoms with E-state index in [0.29, 0.717) is 48.1 Å². The molecule has 0 saturated carbocycles. The average Bonchev–Trinajstić information content (AvgIpc) is 3.10. The summed E-state index contributed by atoms with van der Waals surface area (Å²) in [5, 5.41) is 11.4. The van der Waals surface area contributed by atoms with E-state index in [1.165, 1.54) is 19.1 Å². The van der Waals surface area contributed by atoms with Crippen molar-refractivity contribution in [2.24, 2.45) is 0 Å². The number of carbonyl (C=O) groups excluding carboxylic acids is 2. The van der Waals surface area contributed by atoms with Gasteiger partial charge in [0, 0.05) is 18.7 Å². The quantitative estimate of drug-likeness (QED) is 0.313. The van der Waals surface area contributed by atoms with Gasteiger partial charge in [0.1, 0.15) is 11.5 Å². The molecule has 1 unspecified atom stereocenters. The van der Waals surface area contributed by atoms with Gasteiger partial charge < -0.3 is 29.1 Å². The van der Waals surface area contributed by atoms with Crippen molar-refractivity contribution in [3.05, 3.63) is 58.7 Å². The molecule has 0 bridgehead atoms. The van der Waals surface area contributed by atoms with Crippen molar-refractivity contribution < 1.29 is 28.9 Å². The van der Waals surface area contributed by atoms with Crippen molar-refractivity contribution in [2.45, 2.75) is 26.3 Å². The summed E-state index contributed by atoms with van der Waals surface area (Å²) in [6.45, 7) is 5.31. The summed E-state index contributed by atoms with van der Waals surface area (Å²) in [6, 6.07) is 9.76. The van der Waals surface area contributed by atoms with Gasteiger partial charge in [-0.15, -0.1) is 0 Å². The Labute approximate surface area is 206 Å². The maximum atomic E-state index is 13.3. The van der Waals surface area contributed by atoms with Crippen LogP contribution in [0.25, 0.3) is 5.76 Å². The lowest BCUT2D eigenvalue weighted by Crippen LogP contribution is -2.35. The van der Waals surface area contributed by atoms with Crippen LogP contribution in [0.4, 0.5) is 0 Å². The molecule has 0 spiro atoms. The van der Waals surface area contributed by atoms with Crippen molar-refractivity contribution in [2.75, 3.05) is 48.0 Å². The fourth-order valence-corrected chi connectivity index (χ4v) is 4.14. The molecule has 1 heterocycles. The first kappa shape index (κ1) is 26.1. The molecule has 1 aliphatic heterocycles. The number of aryl methyl sites for hydroxylation is 1. The second-order valence-electron chi connectivity index (χ2n) is 8.74. The molecule has 0 aliphatic carbocycles. The third kappa shape index (κ3) is 5.43. The number of hydrogen-bond acceptors (Lipinski definition) is 7. The Hall–Kier alpha value is -3.52. The Morgan fingerprint density at radius 3 is 2.37 bits per heavy atom. The number of Topliss-reactive ketones (excluding diaryl/α,β-unsaturated/α-hetero) is 1. The molecule has 0 aromatic heterocycles. The van der Waals surface area contributed by atoms with E-state index < -0.39 is 17.7 Å². The summed E-state index contributed by atoms with van der Waals surface area (Å²) in [7, 11) is 6.86. The van der Waals surface area contributed by atoms with Gasteiger partial charge in [-0.2, -0.15) is 0 Å². The van der Waals surface area contributed by atoms with Gasteiger partial charge in [0.2, 0.25) is 0 Å². The van der Waals surface area contributed by atoms with Crippen LogP contribution in [0.3, 0.4) is 0 Å². The van der Waals surface area contributed by atoms with E-state index in [-0.39, 0.29) is 11.3 Å². The molecule has 188 valence electrons. The fraction of sp³-hybridized carbons (Fsp3) is 0.407. The van der Waals surface area contributed by atoms with Gasteiger partial charge in [0.15, 0.2) is 11.5 Å². The van der Waals surface area contributed by atoms with Gasteiger partial charge in [-0.1, -0.05) is 13.0 Å². The van der Waals surface area contributed by atoms with Gasteiger partial charge >= 0.3 is 0 Å². The number of nitrogens with zero attached hydrogens (tertiary/aromatic N) is 2. The zero-order valence-corrected chi connectivity index (χ0v) is 21.3. The second-order valence-corrected chi connectivity index (χ2v) is 8.74. The molecule has 3 rings (SSSR count). The van der Waals surface area contributed by atoms with E-state index >= 15 is 0 Å². The van der Waals surface area contributed by atoms with Crippen LogP contribution in [0.2, 0.25) is 0 Å². The van der Waals surface area contributed by atoms with E-state index in [9.17, 15) is 14.7 Å². The molecule has 8 nitrogen and oxygen atoms in total. The van der Waals surface area contributed by atoms with Crippen LogP contribution >= 0.6 is 0 Å². The highest BCUT2D eigenvalue weighted by Crippen LogP contribution is 2.42. The molecule has 0 radical (unpaired) electrons. The van der Waals surface area contributed by atoms with Gasteiger partial charge in [-0.25, -0.2) is 0 Å². The SMILES string of the molecule is CCCOc1ccc(C(O)=C2C(=O)C(=O)N(CCN(C)C)C2c2ccc(OC)c(OC)c2)c(C)c1. The Bertz CT molecular complexity index is 1120. The molecular weight excluding hydrogens is 448 g/mol. The number of carbonyl (C=O) groups is 2. The normalized spacial score (nSPS) is 17.2. The highest BCUT2D eigenvalue weighted by molar-refractivity contribution is 6.46. The van der Waals surface area contributed by atoms with Crippen LogP contribution in [0.15, 0.2) is 42.0 Å². The third-order valence-electron chi connectivity index (χ3n) is 5.98. The van der Waals surface area contributed by atoms with E-state index in [1.54, 1.807) is 30.3 Å². The number of benzene rings is 2. The molecule has 2 aromatic rings. The summed E-state index contributed by atoms with van der Waals surface area (Å²) in [4.78, 5) is 29.8. The van der Waals surface area contributed by atoms with E-state index in [0.717, 1.165) is 12.0 Å². The highest BCUT2D eigenvalue weighted by Gasteiger charge is 2.46. The second kappa shape index (κ2) is 11.3. The lowest BCUT2D eigenvalue weighted by molar-refractivity contribution is -0.140. The number of hydrogen-bond donors (Lipinski definition) is 1. The monoisotopic (exact) mass is 482 g/mol. The van der Waals surface area contributed by atoms with Gasteiger partial charge in [0.05, 0.1) is 32.4 Å². The molecule has 8 heteroatoms. The van der Waals surface area contributed by atoms with Crippen LogP contribution in [-0.2, 0) is 9.59 Å². The Kier molecular flexibility index (Phi) is 8.40. The Morgan fingerprint density at radius 2 is 1.77 bits per heavy atom. The number of methoxy groups -OCH3 is 2. The predicted molar refractivity (Wildman–Crippen MR) is 134 cm³/mol. The first-order chi connectivity index (χ1) is 16.7. The summed E-state index contributed by atoms with van der Waals surface area (Å²) in [5.74, 6) is 0.108. The number of aliphatic hydroxyl groups excluding tert-OH is 1. The topological polar surface area (TPSA) is 88.5 Å². The minimum atomic E-state index is -0.773.